The number of nitrogens with one attached hydrogen (secondary N) is 2. The lowest BCUT2D eigenvalue weighted by Gasteiger charge is -2.17. The van der Waals surface area contributed by atoms with Crippen molar-refractivity contribution in [2.45, 2.75) is 23.9 Å². The van der Waals surface area contributed by atoms with Crippen molar-refractivity contribution < 1.29 is 36.2 Å². The van der Waals surface area contributed by atoms with Crippen LogP contribution in [0, 0.1) is 0 Å². The highest BCUT2D eigenvalue weighted by molar-refractivity contribution is 7.92. The summed E-state index contributed by atoms with van der Waals surface area (Å²) in [7, 11) is -4.23. The molecular weight excluding hydrogens is 485 g/mol. The second-order valence-electron chi connectivity index (χ2n) is 7.41. The highest BCUT2D eigenvalue weighted by Gasteiger charge is 2.30. The van der Waals surface area contributed by atoms with Crippen molar-refractivity contribution in [1.29, 1.82) is 0 Å². The molecule has 1 amide bonds. The molecule has 0 aliphatic rings. The van der Waals surface area contributed by atoms with Crippen LogP contribution >= 0.6 is 0 Å². The number of alkyl halides is 3. The predicted octanol–water partition coefficient (Wildman–Crippen LogP) is 4.62. The number of rotatable bonds is 9. The molecule has 3 rings (SSSR count). The van der Waals surface area contributed by atoms with Gasteiger partial charge in [-0.2, -0.15) is 13.2 Å². The van der Waals surface area contributed by atoms with Crippen LogP contribution in [0.25, 0.3) is 0 Å². The zero-order chi connectivity index (χ0) is 25.6. The van der Waals surface area contributed by atoms with Crippen LogP contribution in [0.4, 0.5) is 24.5 Å². The number of sulfonamides is 1. The summed E-state index contributed by atoms with van der Waals surface area (Å²) in [4.78, 5) is 12.4. The molecule has 0 fully saturated rings. The minimum absolute atomic E-state index is 0.0634. The molecule has 0 spiro atoms. The molecule has 0 radical (unpaired) electrons. The maximum absolute atomic E-state index is 12.9. The highest BCUT2D eigenvalue weighted by atomic mass is 32.2. The third-order valence-electron chi connectivity index (χ3n) is 4.97. The van der Waals surface area contributed by atoms with E-state index in [9.17, 15) is 31.5 Å². The molecular formula is C24H23F3N2O5S. The SMILES string of the molecule is CCOc1cc(NC(=O)[C@@H](CO)c2ccccc2)ccc1S(=O)(=O)Nc1ccc(C(F)(F)F)cc1. The molecule has 1 atom stereocenters. The van der Waals surface area contributed by atoms with E-state index in [1.807, 2.05) is 0 Å². The number of aliphatic hydroxyl groups is 1. The Hall–Kier alpha value is -3.57. The Morgan fingerprint density at radius 3 is 2.20 bits per heavy atom. The van der Waals surface area contributed by atoms with Gasteiger partial charge in [-0.3, -0.25) is 9.52 Å². The predicted molar refractivity (Wildman–Crippen MR) is 125 cm³/mol. The first kappa shape index (κ1) is 26.0. The second-order valence-corrected chi connectivity index (χ2v) is 9.06. The van der Waals surface area contributed by atoms with Crippen molar-refractivity contribution >= 4 is 27.3 Å². The number of amides is 1. The first-order valence-electron chi connectivity index (χ1n) is 10.5. The Labute approximate surface area is 200 Å². The Bertz CT molecular complexity index is 1260. The molecule has 0 saturated carbocycles. The third-order valence-corrected chi connectivity index (χ3v) is 6.39. The summed E-state index contributed by atoms with van der Waals surface area (Å²) in [6.07, 6.45) is -4.55. The van der Waals surface area contributed by atoms with Gasteiger partial charge >= 0.3 is 6.18 Å². The fourth-order valence-corrected chi connectivity index (χ4v) is 4.45. The zero-order valence-corrected chi connectivity index (χ0v) is 19.4. The normalized spacial score (nSPS) is 12.6. The maximum Gasteiger partial charge on any atom is 0.416 e. The van der Waals surface area contributed by atoms with Crippen LogP contribution in [-0.4, -0.2) is 32.6 Å². The lowest BCUT2D eigenvalue weighted by atomic mass is 9.99. The van der Waals surface area contributed by atoms with Gasteiger partial charge in [0.2, 0.25) is 5.91 Å². The first-order chi connectivity index (χ1) is 16.5. The molecule has 0 saturated heterocycles. The monoisotopic (exact) mass is 508 g/mol. The molecule has 0 aromatic heterocycles. The third kappa shape index (κ3) is 6.52. The van der Waals surface area contributed by atoms with Crippen LogP contribution in [0.1, 0.15) is 24.0 Å². The molecule has 11 heteroatoms. The number of hydrogen-bond donors (Lipinski definition) is 3. The molecule has 0 aliphatic heterocycles. The van der Waals surface area contributed by atoms with E-state index < -0.39 is 40.2 Å². The van der Waals surface area contributed by atoms with Gasteiger partial charge in [0.15, 0.2) is 0 Å². The van der Waals surface area contributed by atoms with Gasteiger partial charge in [-0.1, -0.05) is 30.3 Å². The molecule has 3 aromatic carbocycles. The fraction of sp³-hybridized carbons (Fsp3) is 0.208. The number of halogens is 3. The average Bonchev–Trinajstić information content (AvgIpc) is 2.80. The Kier molecular flexibility index (Phi) is 8.03. The number of carbonyl (C=O) groups excluding carboxylic acids is 1. The van der Waals surface area contributed by atoms with Crippen LogP contribution in [0.2, 0.25) is 0 Å². The number of hydrogen-bond acceptors (Lipinski definition) is 5. The number of ether oxygens (including phenoxy) is 1. The van der Waals surface area contributed by atoms with Gasteiger partial charge in [-0.15, -0.1) is 0 Å². The Morgan fingerprint density at radius 1 is 1.00 bits per heavy atom. The lowest BCUT2D eigenvalue weighted by molar-refractivity contribution is -0.137. The number of benzene rings is 3. The van der Waals surface area contributed by atoms with Gasteiger partial charge in [0, 0.05) is 17.4 Å². The van der Waals surface area contributed by atoms with Crippen molar-refractivity contribution in [3.8, 4) is 5.75 Å². The van der Waals surface area contributed by atoms with E-state index in [1.54, 1.807) is 37.3 Å². The average molecular weight is 509 g/mol. The highest BCUT2D eigenvalue weighted by Crippen LogP contribution is 2.32. The maximum atomic E-state index is 12.9. The summed E-state index contributed by atoms with van der Waals surface area (Å²) in [5.41, 5.74) is -0.127. The number of aliphatic hydroxyl groups excluding tert-OH is 1. The van der Waals surface area contributed by atoms with Gasteiger partial charge < -0.3 is 15.2 Å². The molecule has 0 bridgehead atoms. The largest absolute Gasteiger partial charge is 0.492 e. The minimum Gasteiger partial charge on any atom is -0.492 e. The lowest BCUT2D eigenvalue weighted by Crippen LogP contribution is -2.24. The van der Waals surface area contributed by atoms with E-state index in [4.69, 9.17) is 4.74 Å². The number of carbonyl (C=O) groups is 1. The number of anilines is 2. The van der Waals surface area contributed by atoms with E-state index in [2.05, 4.69) is 10.0 Å². The summed E-state index contributed by atoms with van der Waals surface area (Å²) in [5.74, 6) is -1.40. The van der Waals surface area contributed by atoms with Gasteiger partial charge in [0.05, 0.1) is 24.7 Å². The van der Waals surface area contributed by atoms with Gasteiger partial charge in [0.1, 0.15) is 10.6 Å². The molecule has 3 aromatic rings. The topological polar surface area (TPSA) is 105 Å². The van der Waals surface area contributed by atoms with Gasteiger partial charge in [-0.05, 0) is 48.9 Å². The van der Waals surface area contributed by atoms with Crippen molar-refractivity contribution in [3.05, 3.63) is 83.9 Å². The molecule has 7 nitrogen and oxygen atoms in total. The van der Waals surface area contributed by atoms with E-state index >= 15 is 0 Å². The van der Waals surface area contributed by atoms with Crippen LogP contribution in [-0.2, 0) is 21.0 Å². The molecule has 186 valence electrons. The van der Waals surface area contributed by atoms with E-state index in [1.165, 1.54) is 18.2 Å². The zero-order valence-electron chi connectivity index (χ0n) is 18.5. The Balaban J connectivity index is 1.83. The quantitative estimate of drug-likeness (QED) is 0.391. The van der Waals surface area contributed by atoms with Crippen LogP contribution < -0.4 is 14.8 Å². The summed E-state index contributed by atoms with van der Waals surface area (Å²) in [5, 5.41) is 12.3. The van der Waals surface area contributed by atoms with Crippen molar-refractivity contribution in [2.24, 2.45) is 0 Å². The second kappa shape index (κ2) is 10.8. The standard InChI is InChI=1S/C24H23F3N2O5S/c1-2-34-21-14-19(28-23(31)20(15-30)16-6-4-3-5-7-16)12-13-22(21)35(32,33)29-18-10-8-17(9-11-18)24(25,26)27/h3-14,20,29-30H,2,15H2,1H3,(H,28,31)/t20-/m0/s1. The summed E-state index contributed by atoms with van der Waals surface area (Å²) in [6, 6.07) is 16.1. The van der Waals surface area contributed by atoms with Gasteiger partial charge in [0.25, 0.3) is 10.0 Å². The van der Waals surface area contributed by atoms with Crippen molar-refractivity contribution in [2.75, 3.05) is 23.3 Å². The van der Waals surface area contributed by atoms with Crippen molar-refractivity contribution in [1.82, 2.24) is 0 Å². The minimum atomic E-state index is -4.55. The molecule has 35 heavy (non-hydrogen) atoms. The molecule has 3 N–H and O–H groups in total. The van der Waals surface area contributed by atoms with E-state index in [0.29, 0.717) is 5.56 Å². The molecule has 0 aliphatic carbocycles. The van der Waals surface area contributed by atoms with Crippen molar-refractivity contribution in [3.63, 3.8) is 0 Å². The Morgan fingerprint density at radius 2 is 1.63 bits per heavy atom. The van der Waals surface area contributed by atoms with E-state index in [-0.39, 0.29) is 28.6 Å². The first-order valence-corrected chi connectivity index (χ1v) is 12.0. The summed E-state index contributed by atoms with van der Waals surface area (Å²) < 4.78 is 71.8. The van der Waals surface area contributed by atoms with E-state index in [0.717, 1.165) is 24.3 Å². The summed E-state index contributed by atoms with van der Waals surface area (Å²) >= 11 is 0. The summed E-state index contributed by atoms with van der Waals surface area (Å²) in [6.45, 7) is 1.32. The smallest absolute Gasteiger partial charge is 0.416 e. The molecule has 0 heterocycles. The van der Waals surface area contributed by atoms with Crippen LogP contribution in [0.15, 0.2) is 77.7 Å². The fourth-order valence-electron chi connectivity index (χ4n) is 3.27. The molecule has 0 unspecified atom stereocenters. The van der Waals surface area contributed by atoms with Crippen LogP contribution in [0.5, 0.6) is 5.75 Å². The van der Waals surface area contributed by atoms with Gasteiger partial charge in [-0.25, -0.2) is 8.42 Å². The van der Waals surface area contributed by atoms with Crippen LogP contribution in [0.3, 0.4) is 0 Å².